The second-order valence-corrected chi connectivity index (χ2v) is 9.14. The summed E-state index contributed by atoms with van der Waals surface area (Å²) in [4.78, 5) is 2.36. The van der Waals surface area contributed by atoms with Crippen LogP contribution in [0.1, 0.15) is 96.8 Å². The van der Waals surface area contributed by atoms with Gasteiger partial charge in [-0.3, -0.25) is 4.90 Å². The first-order valence-electron chi connectivity index (χ1n) is 13.6. The molecule has 0 aromatic heterocycles. The van der Waals surface area contributed by atoms with Crippen molar-refractivity contribution in [1.82, 2.24) is 4.90 Å². The van der Waals surface area contributed by atoms with Gasteiger partial charge in [0.05, 0.1) is 39.1 Å². The zero-order valence-corrected chi connectivity index (χ0v) is 21.1. The number of ether oxygens (including phenoxy) is 3. The number of nitrogens with zero attached hydrogens (tertiary/aromatic N) is 1. The number of aliphatic hydroxyl groups excluding tert-OH is 1. The predicted octanol–water partition coefficient (Wildman–Crippen LogP) is 5.75. The van der Waals surface area contributed by atoms with E-state index >= 15 is 0 Å². The molecule has 1 N–H and O–H groups in total. The molecule has 5 nitrogen and oxygen atoms in total. The molecule has 1 unspecified atom stereocenters. The van der Waals surface area contributed by atoms with Crippen LogP contribution in [-0.4, -0.2) is 75.4 Å². The maximum Gasteiger partial charge on any atom is 0.0936 e. The van der Waals surface area contributed by atoms with Gasteiger partial charge in [0.1, 0.15) is 0 Å². The van der Waals surface area contributed by atoms with E-state index in [4.69, 9.17) is 19.3 Å². The lowest BCUT2D eigenvalue weighted by atomic mass is 10.1. The molecule has 0 aliphatic carbocycles. The van der Waals surface area contributed by atoms with Crippen LogP contribution in [0.2, 0.25) is 0 Å². The summed E-state index contributed by atoms with van der Waals surface area (Å²) in [6.45, 7) is 8.50. The molecule has 0 saturated carbocycles. The summed E-state index contributed by atoms with van der Waals surface area (Å²) in [6.07, 6.45) is 23.4. The van der Waals surface area contributed by atoms with E-state index in [2.05, 4.69) is 24.0 Å². The van der Waals surface area contributed by atoms with Gasteiger partial charge < -0.3 is 19.3 Å². The Hall–Kier alpha value is -0.460. The first-order chi connectivity index (χ1) is 15.9. The average Bonchev–Trinajstić information content (AvgIpc) is 2.82. The first kappa shape index (κ1) is 29.6. The van der Waals surface area contributed by atoms with Crippen LogP contribution in [0, 0.1) is 0 Å². The van der Waals surface area contributed by atoms with Gasteiger partial charge in [0.25, 0.3) is 0 Å². The third-order valence-corrected chi connectivity index (χ3v) is 6.11. The number of unbranched alkanes of at least 4 members (excludes halogenated alkanes) is 12. The van der Waals surface area contributed by atoms with E-state index in [0.29, 0.717) is 13.2 Å². The summed E-state index contributed by atoms with van der Waals surface area (Å²) in [6, 6.07) is 0. The molecule has 5 heteroatoms. The van der Waals surface area contributed by atoms with Gasteiger partial charge in [0.15, 0.2) is 0 Å². The molecule has 0 aromatic carbocycles. The Bertz CT molecular complexity index is 399. The van der Waals surface area contributed by atoms with E-state index in [9.17, 15) is 0 Å². The van der Waals surface area contributed by atoms with Gasteiger partial charge in [-0.2, -0.15) is 0 Å². The molecule has 1 saturated heterocycles. The maximum absolute atomic E-state index is 9.05. The molecule has 0 radical (unpaired) electrons. The Morgan fingerprint density at radius 1 is 0.812 bits per heavy atom. The molecule has 0 amide bonds. The molecule has 1 rings (SSSR count). The molecule has 1 aliphatic rings. The van der Waals surface area contributed by atoms with Gasteiger partial charge in [0, 0.05) is 26.2 Å². The van der Waals surface area contributed by atoms with Gasteiger partial charge in [-0.25, -0.2) is 0 Å². The zero-order chi connectivity index (χ0) is 23.0. The second kappa shape index (κ2) is 23.7. The third kappa shape index (κ3) is 19.0. The van der Waals surface area contributed by atoms with Crippen LogP contribution in [0.3, 0.4) is 0 Å². The summed E-state index contributed by atoms with van der Waals surface area (Å²) >= 11 is 0. The van der Waals surface area contributed by atoms with E-state index < -0.39 is 0 Å². The Morgan fingerprint density at radius 3 is 2.03 bits per heavy atom. The van der Waals surface area contributed by atoms with E-state index in [1.807, 2.05) is 0 Å². The highest BCUT2D eigenvalue weighted by atomic mass is 16.5. The maximum atomic E-state index is 9.05. The largest absolute Gasteiger partial charge is 0.394 e. The Labute approximate surface area is 198 Å². The number of morpholine rings is 1. The van der Waals surface area contributed by atoms with Gasteiger partial charge in [0.2, 0.25) is 0 Å². The molecule has 0 bridgehead atoms. The minimum absolute atomic E-state index is 0.0364. The van der Waals surface area contributed by atoms with Crippen LogP contribution in [0.5, 0.6) is 0 Å². The molecule has 1 aliphatic heterocycles. The number of hydrogen-bond donors (Lipinski definition) is 1. The molecule has 32 heavy (non-hydrogen) atoms. The fourth-order valence-corrected chi connectivity index (χ4v) is 4.11. The minimum atomic E-state index is 0.0364. The van der Waals surface area contributed by atoms with Crippen molar-refractivity contribution in [2.24, 2.45) is 0 Å². The predicted molar refractivity (Wildman–Crippen MR) is 134 cm³/mol. The van der Waals surface area contributed by atoms with Crippen molar-refractivity contribution in [3.63, 3.8) is 0 Å². The topological polar surface area (TPSA) is 51.2 Å². The van der Waals surface area contributed by atoms with Crippen LogP contribution >= 0.6 is 0 Å². The molecular formula is C27H53NO4. The van der Waals surface area contributed by atoms with Crippen molar-refractivity contribution in [1.29, 1.82) is 0 Å². The highest BCUT2D eigenvalue weighted by Gasteiger charge is 2.17. The quantitative estimate of drug-likeness (QED) is 0.157. The summed E-state index contributed by atoms with van der Waals surface area (Å²) in [5.41, 5.74) is 0. The summed E-state index contributed by atoms with van der Waals surface area (Å²) in [7, 11) is 0. The lowest BCUT2D eigenvalue weighted by molar-refractivity contribution is -0.0559. The Morgan fingerprint density at radius 2 is 1.41 bits per heavy atom. The highest BCUT2D eigenvalue weighted by molar-refractivity contribution is 4.81. The normalized spacial score (nSPS) is 16.2. The van der Waals surface area contributed by atoms with Crippen molar-refractivity contribution in [2.75, 3.05) is 59.3 Å². The highest BCUT2D eigenvalue weighted by Crippen LogP contribution is 2.10. The van der Waals surface area contributed by atoms with Crippen molar-refractivity contribution in [3.05, 3.63) is 12.2 Å². The molecule has 1 atom stereocenters. The number of aliphatic hydroxyl groups is 1. The lowest BCUT2D eigenvalue weighted by Crippen LogP contribution is -2.43. The molecule has 190 valence electrons. The van der Waals surface area contributed by atoms with Gasteiger partial charge in [-0.05, 0) is 32.1 Å². The fraction of sp³-hybridized carbons (Fsp3) is 0.926. The van der Waals surface area contributed by atoms with Gasteiger partial charge in [-0.15, -0.1) is 0 Å². The van der Waals surface area contributed by atoms with Crippen LogP contribution in [0.15, 0.2) is 12.2 Å². The van der Waals surface area contributed by atoms with Gasteiger partial charge >= 0.3 is 0 Å². The molecule has 1 fully saturated rings. The van der Waals surface area contributed by atoms with Crippen molar-refractivity contribution < 1.29 is 19.3 Å². The van der Waals surface area contributed by atoms with E-state index in [1.54, 1.807) is 0 Å². The molecular weight excluding hydrogens is 402 g/mol. The fourth-order valence-electron chi connectivity index (χ4n) is 4.11. The smallest absolute Gasteiger partial charge is 0.0936 e. The van der Waals surface area contributed by atoms with Crippen LogP contribution in [0.4, 0.5) is 0 Å². The molecule has 1 heterocycles. The monoisotopic (exact) mass is 455 g/mol. The van der Waals surface area contributed by atoms with Gasteiger partial charge in [-0.1, -0.05) is 76.9 Å². The van der Waals surface area contributed by atoms with Crippen molar-refractivity contribution in [2.45, 2.75) is 103 Å². The SMILES string of the molecule is CCCCCCCC/C=C\CCCCCCCCOCC(CN1CCOCC1)OCCO. The molecule has 0 spiro atoms. The first-order valence-corrected chi connectivity index (χ1v) is 13.6. The van der Waals surface area contributed by atoms with Crippen LogP contribution in [0.25, 0.3) is 0 Å². The van der Waals surface area contributed by atoms with Crippen molar-refractivity contribution >= 4 is 0 Å². The standard InChI is InChI=1S/C27H53NO4/c1-2-3-4-5-6-7-8-9-10-11-12-13-14-15-16-17-21-31-26-27(32-24-20-29)25-28-18-22-30-23-19-28/h9-10,27,29H,2-8,11-26H2,1H3/b10-9-. The Balaban J connectivity index is 1.87. The van der Waals surface area contributed by atoms with Crippen LogP contribution in [-0.2, 0) is 14.2 Å². The van der Waals surface area contributed by atoms with E-state index in [1.165, 1.54) is 83.5 Å². The summed E-state index contributed by atoms with van der Waals surface area (Å²) in [5.74, 6) is 0. The minimum Gasteiger partial charge on any atom is -0.394 e. The zero-order valence-electron chi connectivity index (χ0n) is 21.1. The lowest BCUT2D eigenvalue weighted by Gasteiger charge is -2.30. The summed E-state index contributed by atoms with van der Waals surface area (Å²) < 4.78 is 17.0. The average molecular weight is 456 g/mol. The number of allylic oxidation sites excluding steroid dienone is 2. The molecule has 0 aromatic rings. The summed E-state index contributed by atoms with van der Waals surface area (Å²) in [5, 5.41) is 9.05. The van der Waals surface area contributed by atoms with E-state index in [0.717, 1.165) is 45.9 Å². The number of rotatable bonds is 23. The van der Waals surface area contributed by atoms with Crippen molar-refractivity contribution in [3.8, 4) is 0 Å². The van der Waals surface area contributed by atoms with Crippen LogP contribution < -0.4 is 0 Å². The third-order valence-electron chi connectivity index (χ3n) is 6.11. The van der Waals surface area contributed by atoms with E-state index in [-0.39, 0.29) is 12.7 Å². The number of hydrogen-bond acceptors (Lipinski definition) is 5. The second-order valence-electron chi connectivity index (χ2n) is 9.14. The Kier molecular flexibility index (Phi) is 21.9.